The Balaban J connectivity index is 2.23. The minimum atomic E-state index is 0.406. The molecule has 0 aliphatic rings. The van der Waals surface area contributed by atoms with Crippen molar-refractivity contribution in [3.8, 4) is 0 Å². The number of ether oxygens (including phenoxy) is 1. The molecule has 0 aliphatic heterocycles. The predicted molar refractivity (Wildman–Crippen MR) is 64.8 cm³/mol. The summed E-state index contributed by atoms with van der Waals surface area (Å²) < 4.78 is 6.52. The van der Waals surface area contributed by atoms with Gasteiger partial charge in [0.1, 0.15) is 0 Å². The first-order chi connectivity index (χ1) is 6.74. The first-order valence-electron chi connectivity index (χ1n) is 4.77. The Labute approximate surface area is 97.8 Å². The summed E-state index contributed by atoms with van der Waals surface area (Å²) in [5.74, 6) is 0. The van der Waals surface area contributed by atoms with Crippen LogP contribution in [0.3, 0.4) is 0 Å². The zero-order chi connectivity index (χ0) is 10.4. The summed E-state index contributed by atoms with van der Waals surface area (Å²) in [4.78, 5) is 1.34. The lowest BCUT2D eigenvalue weighted by Crippen LogP contribution is -2.29. The van der Waals surface area contributed by atoms with Crippen LogP contribution < -0.4 is 5.32 Å². The third-order valence-corrected chi connectivity index (χ3v) is 3.80. The van der Waals surface area contributed by atoms with Gasteiger partial charge in [-0.25, -0.2) is 0 Å². The Kier molecular flexibility index (Phi) is 5.70. The molecule has 0 saturated carbocycles. The van der Waals surface area contributed by atoms with E-state index in [2.05, 4.69) is 39.6 Å². The Morgan fingerprint density at radius 2 is 2.43 bits per heavy atom. The maximum absolute atomic E-state index is 5.32. The number of hydrogen-bond acceptors (Lipinski definition) is 3. The van der Waals surface area contributed by atoms with Crippen LogP contribution in [0, 0.1) is 0 Å². The molecule has 1 aromatic heterocycles. The average molecular weight is 278 g/mol. The molecule has 0 radical (unpaired) electrons. The molecule has 1 aromatic rings. The second kappa shape index (κ2) is 6.56. The van der Waals surface area contributed by atoms with Crippen molar-refractivity contribution >= 4 is 27.3 Å². The molecule has 1 unspecified atom stereocenters. The first kappa shape index (κ1) is 12.2. The average Bonchev–Trinajstić information content (AvgIpc) is 2.58. The van der Waals surface area contributed by atoms with Gasteiger partial charge >= 0.3 is 0 Å². The van der Waals surface area contributed by atoms with E-state index in [1.165, 1.54) is 9.35 Å². The van der Waals surface area contributed by atoms with Crippen LogP contribution in [0.4, 0.5) is 0 Å². The standard InChI is InChI=1S/C10H16BrNOS/c1-3-13-7-8(2)12-6-10-9(11)4-5-14-10/h4-5,8,12H,3,6-7H2,1-2H3. The van der Waals surface area contributed by atoms with Gasteiger partial charge in [-0.15, -0.1) is 11.3 Å². The molecule has 0 aliphatic carbocycles. The van der Waals surface area contributed by atoms with Gasteiger partial charge in [-0.05, 0) is 41.2 Å². The van der Waals surface area contributed by atoms with E-state index in [1.54, 1.807) is 11.3 Å². The van der Waals surface area contributed by atoms with Gasteiger partial charge in [0.25, 0.3) is 0 Å². The normalized spacial score (nSPS) is 13.1. The zero-order valence-electron chi connectivity index (χ0n) is 8.55. The van der Waals surface area contributed by atoms with Gasteiger partial charge in [0, 0.05) is 28.5 Å². The Morgan fingerprint density at radius 3 is 3.00 bits per heavy atom. The second-order valence-corrected chi connectivity index (χ2v) is 4.99. The number of nitrogens with one attached hydrogen (secondary N) is 1. The molecular formula is C10H16BrNOS. The summed E-state index contributed by atoms with van der Waals surface area (Å²) >= 11 is 5.27. The highest BCUT2D eigenvalue weighted by atomic mass is 79.9. The molecule has 1 atom stereocenters. The minimum Gasteiger partial charge on any atom is -0.380 e. The summed E-state index contributed by atoms with van der Waals surface area (Å²) in [7, 11) is 0. The van der Waals surface area contributed by atoms with Gasteiger partial charge in [0.05, 0.1) is 6.61 Å². The van der Waals surface area contributed by atoms with Crippen molar-refractivity contribution in [1.82, 2.24) is 5.32 Å². The summed E-state index contributed by atoms with van der Waals surface area (Å²) in [6.45, 7) is 6.63. The molecule has 0 fully saturated rings. The summed E-state index contributed by atoms with van der Waals surface area (Å²) in [5.41, 5.74) is 0. The lowest BCUT2D eigenvalue weighted by molar-refractivity contribution is 0.127. The van der Waals surface area contributed by atoms with Crippen molar-refractivity contribution in [3.05, 3.63) is 20.8 Å². The maximum atomic E-state index is 5.32. The van der Waals surface area contributed by atoms with E-state index in [1.807, 2.05) is 6.92 Å². The number of hydrogen-bond donors (Lipinski definition) is 1. The maximum Gasteiger partial charge on any atom is 0.0616 e. The molecule has 0 amide bonds. The molecule has 1 heterocycles. The smallest absolute Gasteiger partial charge is 0.0616 e. The fraction of sp³-hybridized carbons (Fsp3) is 0.600. The molecule has 0 aromatic carbocycles. The molecule has 80 valence electrons. The number of halogens is 1. The second-order valence-electron chi connectivity index (χ2n) is 3.13. The van der Waals surface area contributed by atoms with Crippen LogP contribution in [-0.4, -0.2) is 19.3 Å². The van der Waals surface area contributed by atoms with Crippen LogP contribution >= 0.6 is 27.3 Å². The highest BCUT2D eigenvalue weighted by molar-refractivity contribution is 9.10. The Morgan fingerprint density at radius 1 is 1.64 bits per heavy atom. The van der Waals surface area contributed by atoms with Gasteiger partial charge in [-0.1, -0.05) is 0 Å². The summed E-state index contributed by atoms with van der Waals surface area (Å²) in [6, 6.07) is 2.48. The summed E-state index contributed by atoms with van der Waals surface area (Å²) in [6.07, 6.45) is 0. The predicted octanol–water partition coefficient (Wildman–Crippen LogP) is 3.03. The minimum absolute atomic E-state index is 0.406. The lowest BCUT2D eigenvalue weighted by atomic mass is 10.3. The van der Waals surface area contributed by atoms with Gasteiger partial charge in [-0.2, -0.15) is 0 Å². The topological polar surface area (TPSA) is 21.3 Å². The van der Waals surface area contributed by atoms with Crippen molar-refractivity contribution in [3.63, 3.8) is 0 Å². The van der Waals surface area contributed by atoms with Crippen molar-refractivity contribution in [2.45, 2.75) is 26.4 Å². The van der Waals surface area contributed by atoms with Crippen LogP contribution in [0.2, 0.25) is 0 Å². The summed E-state index contributed by atoms with van der Waals surface area (Å²) in [5, 5.41) is 5.51. The molecule has 2 nitrogen and oxygen atoms in total. The SMILES string of the molecule is CCOCC(C)NCc1sccc1Br. The van der Waals surface area contributed by atoms with Gasteiger partial charge in [-0.3, -0.25) is 0 Å². The largest absolute Gasteiger partial charge is 0.380 e. The van der Waals surface area contributed by atoms with Crippen molar-refractivity contribution in [1.29, 1.82) is 0 Å². The van der Waals surface area contributed by atoms with Crippen LogP contribution in [0.25, 0.3) is 0 Å². The number of rotatable bonds is 6. The number of thiophene rings is 1. The van der Waals surface area contributed by atoms with Gasteiger partial charge in [0.2, 0.25) is 0 Å². The van der Waals surface area contributed by atoms with E-state index in [4.69, 9.17) is 4.74 Å². The Hall–Kier alpha value is 0.100. The van der Waals surface area contributed by atoms with E-state index in [9.17, 15) is 0 Å². The molecule has 14 heavy (non-hydrogen) atoms. The van der Waals surface area contributed by atoms with Crippen molar-refractivity contribution < 1.29 is 4.74 Å². The fourth-order valence-electron chi connectivity index (χ4n) is 1.07. The van der Waals surface area contributed by atoms with Crippen molar-refractivity contribution in [2.75, 3.05) is 13.2 Å². The molecular weight excluding hydrogens is 262 g/mol. The third-order valence-electron chi connectivity index (χ3n) is 1.87. The zero-order valence-corrected chi connectivity index (χ0v) is 11.0. The van der Waals surface area contributed by atoms with E-state index in [-0.39, 0.29) is 0 Å². The fourth-order valence-corrected chi connectivity index (χ4v) is 2.52. The monoisotopic (exact) mass is 277 g/mol. The van der Waals surface area contributed by atoms with Crippen LogP contribution in [0.1, 0.15) is 18.7 Å². The molecule has 0 spiro atoms. The van der Waals surface area contributed by atoms with Crippen molar-refractivity contribution in [2.24, 2.45) is 0 Å². The quantitative estimate of drug-likeness (QED) is 0.863. The van der Waals surface area contributed by atoms with Gasteiger partial charge in [0.15, 0.2) is 0 Å². The van der Waals surface area contributed by atoms with E-state index in [0.29, 0.717) is 6.04 Å². The molecule has 0 saturated heterocycles. The first-order valence-corrected chi connectivity index (χ1v) is 6.44. The highest BCUT2D eigenvalue weighted by Gasteiger charge is 2.04. The molecule has 0 bridgehead atoms. The van der Waals surface area contributed by atoms with E-state index < -0.39 is 0 Å². The molecule has 1 N–H and O–H groups in total. The van der Waals surface area contributed by atoms with Gasteiger partial charge < -0.3 is 10.1 Å². The van der Waals surface area contributed by atoms with Crippen LogP contribution in [-0.2, 0) is 11.3 Å². The van der Waals surface area contributed by atoms with E-state index >= 15 is 0 Å². The van der Waals surface area contributed by atoms with Crippen LogP contribution in [0.5, 0.6) is 0 Å². The lowest BCUT2D eigenvalue weighted by Gasteiger charge is -2.12. The molecule has 4 heteroatoms. The van der Waals surface area contributed by atoms with Crippen LogP contribution in [0.15, 0.2) is 15.9 Å². The highest BCUT2D eigenvalue weighted by Crippen LogP contribution is 2.22. The van der Waals surface area contributed by atoms with E-state index in [0.717, 1.165) is 19.8 Å². The third kappa shape index (κ3) is 4.09. The molecule has 1 rings (SSSR count). The Bertz CT molecular complexity index is 264.